The molecule has 1 heterocycles. The number of benzene rings is 1. The summed E-state index contributed by atoms with van der Waals surface area (Å²) in [5, 5.41) is 3.52. The van der Waals surface area contributed by atoms with Crippen LogP contribution < -0.4 is 5.32 Å². The zero-order valence-electron chi connectivity index (χ0n) is 8.70. The number of rotatable bonds is 1. The lowest BCUT2D eigenvalue weighted by Crippen LogP contribution is -2.26. The van der Waals surface area contributed by atoms with Gasteiger partial charge in [0.1, 0.15) is 0 Å². The van der Waals surface area contributed by atoms with Crippen LogP contribution in [-0.2, 0) is 0 Å². The van der Waals surface area contributed by atoms with Crippen LogP contribution in [0.1, 0.15) is 36.4 Å². The largest absolute Gasteiger partial charge is 0.310 e. The van der Waals surface area contributed by atoms with Gasteiger partial charge in [-0.25, -0.2) is 0 Å². The Hall–Kier alpha value is -0.970. The topological polar surface area (TPSA) is 12.0 Å². The molecule has 0 saturated carbocycles. The number of hydrogen-bond donors (Lipinski definition) is 1. The minimum Gasteiger partial charge on any atom is -0.310 e. The maximum absolute atomic E-state index is 5.31. The minimum atomic E-state index is 0. The van der Waals surface area contributed by atoms with Gasteiger partial charge in [-0.05, 0) is 37.1 Å². The van der Waals surface area contributed by atoms with E-state index in [0.717, 1.165) is 12.1 Å². The molecule has 0 radical (unpaired) electrons. The summed E-state index contributed by atoms with van der Waals surface area (Å²) in [6.45, 7) is 1.14. The summed E-state index contributed by atoms with van der Waals surface area (Å²) in [6, 6.07) is 8.85. The van der Waals surface area contributed by atoms with Crippen LogP contribution >= 0.6 is 12.4 Å². The number of halogens is 1. The standard InChI is InChI=1S/C13H15N.ClH/c1-2-11-6-8-12(9-7-11)13-5-3-4-10-14-13;/h1,6-9,13-14H,3-5,10H2;1H. The van der Waals surface area contributed by atoms with Gasteiger partial charge in [-0.3, -0.25) is 0 Å². The normalized spacial score (nSPS) is 20.1. The summed E-state index contributed by atoms with van der Waals surface area (Å²) >= 11 is 0. The molecule has 1 aromatic carbocycles. The van der Waals surface area contributed by atoms with E-state index in [1.165, 1.54) is 24.8 Å². The van der Waals surface area contributed by atoms with Crippen molar-refractivity contribution >= 4 is 12.4 Å². The fourth-order valence-corrected chi connectivity index (χ4v) is 1.95. The van der Waals surface area contributed by atoms with E-state index in [1.54, 1.807) is 0 Å². The fourth-order valence-electron chi connectivity index (χ4n) is 1.95. The molecule has 0 aliphatic carbocycles. The molecule has 2 rings (SSSR count). The zero-order valence-corrected chi connectivity index (χ0v) is 9.52. The smallest absolute Gasteiger partial charge is 0.0320 e. The molecule has 0 amide bonds. The van der Waals surface area contributed by atoms with Crippen molar-refractivity contribution in [3.05, 3.63) is 35.4 Å². The lowest BCUT2D eigenvalue weighted by molar-refractivity contribution is 0.412. The van der Waals surface area contributed by atoms with Crippen LogP contribution in [-0.4, -0.2) is 6.54 Å². The van der Waals surface area contributed by atoms with E-state index in [-0.39, 0.29) is 12.4 Å². The Bertz CT molecular complexity index is 331. The molecule has 2 heteroatoms. The van der Waals surface area contributed by atoms with Crippen molar-refractivity contribution in [1.82, 2.24) is 5.32 Å². The second kappa shape index (κ2) is 5.80. The van der Waals surface area contributed by atoms with Crippen molar-refractivity contribution in [2.75, 3.05) is 6.54 Å². The first-order valence-corrected chi connectivity index (χ1v) is 5.20. The van der Waals surface area contributed by atoms with Gasteiger partial charge in [-0.15, -0.1) is 18.8 Å². The highest BCUT2D eigenvalue weighted by Gasteiger charge is 2.13. The molecular weight excluding hydrogens is 206 g/mol. The molecule has 1 aliphatic rings. The van der Waals surface area contributed by atoms with Gasteiger partial charge in [-0.1, -0.05) is 24.5 Å². The molecule has 1 atom stereocenters. The van der Waals surface area contributed by atoms with Crippen molar-refractivity contribution in [2.45, 2.75) is 25.3 Å². The molecule has 1 nitrogen and oxygen atoms in total. The lowest BCUT2D eigenvalue weighted by Gasteiger charge is -2.23. The Morgan fingerprint density at radius 2 is 1.93 bits per heavy atom. The number of piperidine rings is 1. The second-order valence-electron chi connectivity index (χ2n) is 3.77. The van der Waals surface area contributed by atoms with Crippen LogP contribution in [0, 0.1) is 12.3 Å². The summed E-state index contributed by atoms with van der Waals surface area (Å²) in [5.41, 5.74) is 2.33. The SMILES string of the molecule is C#Cc1ccc(C2CCCCN2)cc1.Cl. The van der Waals surface area contributed by atoms with Crippen LogP contribution in [0.2, 0.25) is 0 Å². The van der Waals surface area contributed by atoms with E-state index in [0.29, 0.717) is 6.04 Å². The Kier molecular flexibility index (Phi) is 4.68. The lowest BCUT2D eigenvalue weighted by atomic mass is 9.97. The van der Waals surface area contributed by atoms with Gasteiger partial charge in [0.2, 0.25) is 0 Å². The van der Waals surface area contributed by atoms with Crippen LogP contribution in [0.5, 0.6) is 0 Å². The Balaban J connectivity index is 0.00000112. The Morgan fingerprint density at radius 1 is 1.20 bits per heavy atom. The molecule has 15 heavy (non-hydrogen) atoms. The van der Waals surface area contributed by atoms with Crippen molar-refractivity contribution < 1.29 is 0 Å². The van der Waals surface area contributed by atoms with Crippen LogP contribution in [0.3, 0.4) is 0 Å². The Labute approximate surface area is 97.7 Å². The fraction of sp³-hybridized carbons (Fsp3) is 0.385. The zero-order chi connectivity index (χ0) is 9.80. The molecule has 0 aromatic heterocycles. The van der Waals surface area contributed by atoms with Gasteiger partial charge in [0, 0.05) is 11.6 Å². The first kappa shape index (κ1) is 12.1. The van der Waals surface area contributed by atoms with Crippen molar-refractivity contribution in [1.29, 1.82) is 0 Å². The molecule has 0 bridgehead atoms. The van der Waals surface area contributed by atoms with Crippen LogP contribution in [0.25, 0.3) is 0 Å². The van der Waals surface area contributed by atoms with Gasteiger partial charge in [-0.2, -0.15) is 0 Å². The summed E-state index contributed by atoms with van der Waals surface area (Å²) in [4.78, 5) is 0. The molecule has 1 aliphatic heterocycles. The maximum atomic E-state index is 5.31. The predicted octanol–water partition coefficient (Wildman–Crippen LogP) is 2.90. The number of terminal acetylenes is 1. The van der Waals surface area contributed by atoms with E-state index >= 15 is 0 Å². The van der Waals surface area contributed by atoms with Gasteiger partial charge in [0.25, 0.3) is 0 Å². The van der Waals surface area contributed by atoms with Crippen molar-refractivity contribution in [2.24, 2.45) is 0 Å². The van der Waals surface area contributed by atoms with Gasteiger partial charge in [0.05, 0.1) is 0 Å². The van der Waals surface area contributed by atoms with E-state index in [9.17, 15) is 0 Å². The molecule has 0 spiro atoms. The molecule has 1 fully saturated rings. The molecule has 1 N–H and O–H groups in total. The van der Waals surface area contributed by atoms with Crippen LogP contribution in [0.15, 0.2) is 24.3 Å². The van der Waals surface area contributed by atoms with E-state index in [2.05, 4.69) is 23.4 Å². The van der Waals surface area contributed by atoms with E-state index in [4.69, 9.17) is 6.42 Å². The maximum Gasteiger partial charge on any atom is 0.0320 e. The average molecular weight is 222 g/mol. The summed E-state index contributed by atoms with van der Waals surface area (Å²) in [7, 11) is 0. The third kappa shape index (κ3) is 2.99. The monoisotopic (exact) mass is 221 g/mol. The second-order valence-corrected chi connectivity index (χ2v) is 3.77. The predicted molar refractivity (Wildman–Crippen MR) is 66.2 cm³/mol. The van der Waals surface area contributed by atoms with Crippen LogP contribution in [0.4, 0.5) is 0 Å². The molecule has 1 unspecified atom stereocenters. The highest BCUT2D eigenvalue weighted by atomic mass is 35.5. The third-order valence-corrected chi connectivity index (χ3v) is 2.79. The molecule has 1 aromatic rings. The first-order chi connectivity index (χ1) is 6.90. The van der Waals surface area contributed by atoms with Gasteiger partial charge >= 0.3 is 0 Å². The molecule has 80 valence electrons. The number of hydrogen-bond acceptors (Lipinski definition) is 1. The average Bonchev–Trinajstić information content (AvgIpc) is 2.30. The highest BCUT2D eigenvalue weighted by molar-refractivity contribution is 5.85. The quantitative estimate of drug-likeness (QED) is 0.720. The third-order valence-electron chi connectivity index (χ3n) is 2.79. The van der Waals surface area contributed by atoms with Gasteiger partial charge < -0.3 is 5.32 Å². The highest BCUT2D eigenvalue weighted by Crippen LogP contribution is 2.22. The van der Waals surface area contributed by atoms with Gasteiger partial charge in [0.15, 0.2) is 0 Å². The summed E-state index contributed by atoms with van der Waals surface area (Å²) in [5.74, 6) is 2.64. The molecular formula is C13H16ClN. The van der Waals surface area contributed by atoms with E-state index < -0.39 is 0 Å². The number of nitrogens with one attached hydrogen (secondary N) is 1. The van der Waals surface area contributed by atoms with E-state index in [1.807, 2.05) is 12.1 Å². The summed E-state index contributed by atoms with van der Waals surface area (Å²) in [6.07, 6.45) is 9.19. The summed E-state index contributed by atoms with van der Waals surface area (Å²) < 4.78 is 0. The minimum absolute atomic E-state index is 0. The Morgan fingerprint density at radius 3 is 2.47 bits per heavy atom. The molecule has 1 saturated heterocycles. The first-order valence-electron chi connectivity index (χ1n) is 5.20. The van der Waals surface area contributed by atoms with Crippen molar-refractivity contribution in [3.8, 4) is 12.3 Å². The van der Waals surface area contributed by atoms with Crippen molar-refractivity contribution in [3.63, 3.8) is 0 Å².